The number of aliphatic hydroxyl groups is 6. The quantitative estimate of drug-likeness (QED) is 0.222. The van der Waals surface area contributed by atoms with Crippen molar-refractivity contribution in [1.82, 2.24) is 0 Å². The summed E-state index contributed by atoms with van der Waals surface area (Å²) in [6.07, 6.45) is -1.02. The van der Waals surface area contributed by atoms with Crippen molar-refractivity contribution in [3.05, 3.63) is 0 Å². The highest BCUT2D eigenvalue weighted by Gasteiger charge is 2.36. The van der Waals surface area contributed by atoms with Gasteiger partial charge in [-0.1, -0.05) is 0 Å². The molecule has 0 aliphatic carbocycles. The highest BCUT2D eigenvalue weighted by molar-refractivity contribution is 4.84. The Kier molecular flexibility index (Phi) is 10.3. The largest absolute Gasteiger partial charge is 0.396 e. The fourth-order valence-electron chi connectivity index (χ4n) is 1.80. The summed E-state index contributed by atoms with van der Waals surface area (Å²) in [5.74, 6) is 0. The standard InChI is InChI=1S/C14H30O8/c1-11(3-21-10-13(4-15,5-16)6-17)22-12(2)14(7-18,8-19)9-20/h11-12,15-20H,3-10H2,1-2H3. The first-order valence-corrected chi connectivity index (χ1v) is 7.27. The summed E-state index contributed by atoms with van der Waals surface area (Å²) in [6.45, 7) is 0.960. The van der Waals surface area contributed by atoms with Gasteiger partial charge in [0.05, 0.1) is 75.9 Å². The van der Waals surface area contributed by atoms with Crippen LogP contribution in [0.3, 0.4) is 0 Å². The zero-order valence-corrected chi connectivity index (χ0v) is 13.3. The Hall–Kier alpha value is -0.320. The lowest BCUT2D eigenvalue weighted by Gasteiger charge is -2.35. The second-order valence-electron chi connectivity index (χ2n) is 5.92. The van der Waals surface area contributed by atoms with Crippen LogP contribution in [0, 0.1) is 10.8 Å². The topological polar surface area (TPSA) is 140 Å². The summed E-state index contributed by atoms with van der Waals surface area (Å²) < 4.78 is 11.0. The van der Waals surface area contributed by atoms with Crippen molar-refractivity contribution in [2.75, 3.05) is 52.9 Å². The third-order valence-electron chi connectivity index (χ3n) is 4.01. The maximum atomic E-state index is 9.32. The molecular formula is C14H30O8. The van der Waals surface area contributed by atoms with E-state index in [4.69, 9.17) is 9.47 Å². The molecule has 0 saturated heterocycles. The monoisotopic (exact) mass is 326 g/mol. The first-order valence-electron chi connectivity index (χ1n) is 7.27. The predicted octanol–water partition coefficient (Wildman–Crippen LogP) is -2.28. The normalized spacial score (nSPS) is 15.8. The van der Waals surface area contributed by atoms with Crippen LogP contribution < -0.4 is 0 Å². The van der Waals surface area contributed by atoms with Gasteiger partial charge in [0.15, 0.2) is 0 Å². The molecule has 0 fully saturated rings. The van der Waals surface area contributed by atoms with Crippen molar-refractivity contribution in [3.8, 4) is 0 Å². The van der Waals surface area contributed by atoms with E-state index in [0.717, 1.165) is 0 Å². The Labute approximate surface area is 130 Å². The fraction of sp³-hybridized carbons (Fsp3) is 1.00. The number of aliphatic hydroxyl groups excluding tert-OH is 6. The minimum absolute atomic E-state index is 0.0380. The van der Waals surface area contributed by atoms with Gasteiger partial charge in [0.1, 0.15) is 0 Å². The van der Waals surface area contributed by atoms with Crippen molar-refractivity contribution >= 4 is 0 Å². The summed E-state index contributed by atoms with van der Waals surface area (Å²) in [5, 5.41) is 55.5. The summed E-state index contributed by atoms with van der Waals surface area (Å²) in [7, 11) is 0. The van der Waals surface area contributed by atoms with E-state index in [0.29, 0.717) is 0 Å². The van der Waals surface area contributed by atoms with Crippen LogP contribution >= 0.6 is 0 Å². The van der Waals surface area contributed by atoms with E-state index in [1.54, 1.807) is 13.8 Å². The fourth-order valence-corrected chi connectivity index (χ4v) is 1.80. The molecule has 8 heteroatoms. The van der Waals surface area contributed by atoms with Crippen LogP contribution in [0.5, 0.6) is 0 Å². The average Bonchev–Trinajstić information content (AvgIpc) is 2.54. The zero-order chi connectivity index (χ0) is 17.2. The first-order chi connectivity index (χ1) is 10.4. The summed E-state index contributed by atoms with van der Waals surface area (Å²) >= 11 is 0. The Morgan fingerprint density at radius 2 is 1.23 bits per heavy atom. The van der Waals surface area contributed by atoms with E-state index in [2.05, 4.69) is 0 Å². The summed E-state index contributed by atoms with van der Waals surface area (Å²) in [4.78, 5) is 0. The van der Waals surface area contributed by atoms with Gasteiger partial charge in [-0.25, -0.2) is 0 Å². The van der Waals surface area contributed by atoms with Crippen LogP contribution in [0.1, 0.15) is 13.8 Å². The van der Waals surface area contributed by atoms with Crippen LogP contribution in [0.25, 0.3) is 0 Å². The van der Waals surface area contributed by atoms with E-state index < -0.39 is 62.7 Å². The van der Waals surface area contributed by atoms with Crippen LogP contribution in [-0.4, -0.2) is 95.7 Å². The molecule has 8 nitrogen and oxygen atoms in total. The van der Waals surface area contributed by atoms with Gasteiger partial charge >= 0.3 is 0 Å². The molecule has 0 spiro atoms. The highest BCUT2D eigenvalue weighted by Crippen LogP contribution is 2.24. The molecule has 0 aliphatic rings. The number of ether oxygens (including phenoxy) is 2. The molecule has 2 atom stereocenters. The van der Waals surface area contributed by atoms with E-state index >= 15 is 0 Å². The molecule has 0 rings (SSSR count). The molecule has 2 unspecified atom stereocenters. The van der Waals surface area contributed by atoms with E-state index in [-0.39, 0.29) is 13.2 Å². The van der Waals surface area contributed by atoms with Gasteiger partial charge in [-0.3, -0.25) is 0 Å². The molecule has 0 aliphatic heterocycles. The highest BCUT2D eigenvalue weighted by atomic mass is 16.5. The molecule has 0 saturated carbocycles. The lowest BCUT2D eigenvalue weighted by atomic mass is 9.85. The molecule has 0 radical (unpaired) electrons. The number of hydrogen-bond donors (Lipinski definition) is 6. The third kappa shape index (κ3) is 5.71. The Bertz CT molecular complexity index is 261. The minimum atomic E-state index is -1.14. The number of hydrogen-bond acceptors (Lipinski definition) is 8. The van der Waals surface area contributed by atoms with Gasteiger partial charge in [0.25, 0.3) is 0 Å². The van der Waals surface area contributed by atoms with Crippen LogP contribution in [-0.2, 0) is 9.47 Å². The van der Waals surface area contributed by atoms with Crippen molar-refractivity contribution in [2.45, 2.75) is 26.1 Å². The smallest absolute Gasteiger partial charge is 0.0784 e. The molecule has 6 N–H and O–H groups in total. The van der Waals surface area contributed by atoms with E-state index in [9.17, 15) is 30.6 Å². The zero-order valence-electron chi connectivity index (χ0n) is 13.3. The maximum absolute atomic E-state index is 9.32. The molecule has 0 aromatic rings. The Balaban J connectivity index is 4.37. The van der Waals surface area contributed by atoms with Gasteiger partial charge in [-0.05, 0) is 13.8 Å². The van der Waals surface area contributed by atoms with Crippen molar-refractivity contribution in [1.29, 1.82) is 0 Å². The van der Waals surface area contributed by atoms with Crippen molar-refractivity contribution in [2.24, 2.45) is 10.8 Å². The summed E-state index contributed by atoms with van der Waals surface area (Å²) in [6, 6.07) is 0. The third-order valence-corrected chi connectivity index (χ3v) is 4.01. The Morgan fingerprint density at radius 1 is 0.773 bits per heavy atom. The van der Waals surface area contributed by atoms with Gasteiger partial charge in [0, 0.05) is 0 Å². The number of rotatable bonds is 13. The molecule has 0 aromatic carbocycles. The molecule has 0 bridgehead atoms. The second-order valence-corrected chi connectivity index (χ2v) is 5.92. The SMILES string of the molecule is CC(COCC(CO)(CO)CO)OC(C)C(CO)(CO)CO. The van der Waals surface area contributed by atoms with Gasteiger partial charge in [-0.2, -0.15) is 0 Å². The van der Waals surface area contributed by atoms with Crippen LogP contribution in [0.15, 0.2) is 0 Å². The molecular weight excluding hydrogens is 296 g/mol. The average molecular weight is 326 g/mol. The van der Waals surface area contributed by atoms with Gasteiger partial charge < -0.3 is 40.1 Å². The predicted molar refractivity (Wildman–Crippen MR) is 78.2 cm³/mol. The van der Waals surface area contributed by atoms with Gasteiger partial charge in [0.2, 0.25) is 0 Å². The Morgan fingerprint density at radius 3 is 1.59 bits per heavy atom. The van der Waals surface area contributed by atoms with Crippen LogP contribution in [0.4, 0.5) is 0 Å². The van der Waals surface area contributed by atoms with E-state index in [1.165, 1.54) is 0 Å². The molecule has 134 valence electrons. The molecule has 22 heavy (non-hydrogen) atoms. The van der Waals surface area contributed by atoms with Gasteiger partial charge in [-0.15, -0.1) is 0 Å². The lowest BCUT2D eigenvalue weighted by molar-refractivity contribution is -0.145. The maximum Gasteiger partial charge on any atom is 0.0784 e. The van der Waals surface area contributed by atoms with Crippen LogP contribution in [0.2, 0.25) is 0 Å². The lowest BCUT2D eigenvalue weighted by Crippen LogP contribution is -2.46. The van der Waals surface area contributed by atoms with E-state index in [1.807, 2.05) is 0 Å². The first kappa shape index (κ1) is 21.7. The minimum Gasteiger partial charge on any atom is -0.396 e. The summed E-state index contributed by atoms with van der Waals surface area (Å²) in [5.41, 5.74) is -2.24. The van der Waals surface area contributed by atoms with Crippen molar-refractivity contribution < 1.29 is 40.1 Å². The molecule has 0 aromatic heterocycles. The second kappa shape index (κ2) is 10.5. The molecule has 0 heterocycles. The van der Waals surface area contributed by atoms with Crippen molar-refractivity contribution in [3.63, 3.8) is 0 Å². The molecule has 0 amide bonds.